The summed E-state index contributed by atoms with van der Waals surface area (Å²) in [5.41, 5.74) is 3.22. The lowest BCUT2D eigenvalue weighted by Crippen LogP contribution is -2.49. The summed E-state index contributed by atoms with van der Waals surface area (Å²) >= 11 is 3.42. The minimum Gasteiger partial charge on any atom is -0.484 e. The van der Waals surface area contributed by atoms with E-state index in [1.807, 2.05) is 70.2 Å². The zero-order chi connectivity index (χ0) is 22.3. The van der Waals surface area contributed by atoms with Crippen LogP contribution < -0.4 is 10.1 Å². The number of rotatable bonds is 9. The first kappa shape index (κ1) is 23.9. The van der Waals surface area contributed by atoms with Gasteiger partial charge in [-0.05, 0) is 67.6 Å². The minimum absolute atomic E-state index is 0.124. The molecule has 2 aromatic rings. The van der Waals surface area contributed by atoms with Crippen LogP contribution in [0.4, 0.5) is 0 Å². The summed E-state index contributed by atoms with van der Waals surface area (Å²) in [6, 6.07) is 12.9. The van der Waals surface area contributed by atoms with Crippen LogP contribution in [-0.2, 0) is 16.1 Å². The van der Waals surface area contributed by atoms with E-state index in [0.29, 0.717) is 24.8 Å². The summed E-state index contributed by atoms with van der Waals surface area (Å²) in [5.74, 6) is 0.584. The van der Waals surface area contributed by atoms with Crippen molar-refractivity contribution in [3.05, 3.63) is 63.6 Å². The Labute approximate surface area is 187 Å². The van der Waals surface area contributed by atoms with Crippen LogP contribution in [-0.4, -0.2) is 35.9 Å². The van der Waals surface area contributed by atoms with Gasteiger partial charge in [-0.1, -0.05) is 48.0 Å². The van der Waals surface area contributed by atoms with Crippen LogP contribution in [0.15, 0.2) is 46.9 Å². The third-order valence-electron chi connectivity index (χ3n) is 4.96. The van der Waals surface area contributed by atoms with E-state index in [9.17, 15) is 9.59 Å². The topological polar surface area (TPSA) is 58.6 Å². The van der Waals surface area contributed by atoms with Gasteiger partial charge in [0.25, 0.3) is 5.91 Å². The second kappa shape index (κ2) is 11.2. The summed E-state index contributed by atoms with van der Waals surface area (Å²) in [6.45, 7) is 10.6. The third kappa shape index (κ3) is 7.17. The number of nitrogens with zero attached hydrogens (tertiary/aromatic N) is 1. The van der Waals surface area contributed by atoms with Gasteiger partial charge >= 0.3 is 0 Å². The number of hydrogen-bond acceptors (Lipinski definition) is 3. The number of aryl methyl sites for hydroxylation is 2. The highest BCUT2D eigenvalue weighted by Gasteiger charge is 2.26. The molecule has 0 unspecified atom stereocenters. The maximum Gasteiger partial charge on any atom is 0.261 e. The van der Waals surface area contributed by atoms with E-state index >= 15 is 0 Å². The number of benzene rings is 2. The fourth-order valence-corrected chi connectivity index (χ4v) is 3.12. The molecule has 2 rings (SSSR count). The SMILES string of the molecule is Cc1ccc(OCC(=O)N(Cc2ccc(Br)cc2)[C@@H](C)C(=O)NCC(C)C)cc1C. The van der Waals surface area contributed by atoms with Crippen LogP contribution >= 0.6 is 15.9 Å². The molecule has 0 saturated heterocycles. The second-order valence-electron chi connectivity index (χ2n) is 8.00. The lowest BCUT2D eigenvalue weighted by atomic mass is 10.1. The molecule has 162 valence electrons. The van der Waals surface area contributed by atoms with Gasteiger partial charge in [-0.2, -0.15) is 0 Å². The maximum absolute atomic E-state index is 13.0. The maximum atomic E-state index is 13.0. The van der Waals surface area contributed by atoms with Crippen molar-refractivity contribution in [1.29, 1.82) is 0 Å². The fraction of sp³-hybridized carbons (Fsp3) is 0.417. The Morgan fingerprint density at radius 1 is 1.03 bits per heavy atom. The van der Waals surface area contributed by atoms with Gasteiger partial charge in [-0.3, -0.25) is 9.59 Å². The molecule has 30 heavy (non-hydrogen) atoms. The van der Waals surface area contributed by atoms with Gasteiger partial charge in [-0.25, -0.2) is 0 Å². The molecule has 0 saturated carbocycles. The Hall–Kier alpha value is -2.34. The summed E-state index contributed by atoms with van der Waals surface area (Å²) in [5, 5.41) is 2.92. The Bertz CT molecular complexity index is 865. The molecule has 1 atom stereocenters. The minimum atomic E-state index is -0.608. The highest BCUT2D eigenvalue weighted by atomic mass is 79.9. The van der Waals surface area contributed by atoms with Crippen molar-refractivity contribution in [2.24, 2.45) is 5.92 Å². The Morgan fingerprint density at radius 3 is 2.30 bits per heavy atom. The first-order chi connectivity index (χ1) is 14.2. The van der Waals surface area contributed by atoms with Crippen LogP contribution in [0.1, 0.15) is 37.5 Å². The molecule has 2 aromatic carbocycles. The van der Waals surface area contributed by atoms with Crippen molar-refractivity contribution in [1.82, 2.24) is 10.2 Å². The predicted octanol–water partition coefficient (Wildman–Crippen LogP) is 4.63. The molecule has 0 heterocycles. The highest BCUT2D eigenvalue weighted by molar-refractivity contribution is 9.10. The molecule has 0 aromatic heterocycles. The number of carbonyl (C=O) groups is 2. The van der Waals surface area contributed by atoms with Crippen LogP contribution in [0.5, 0.6) is 5.75 Å². The van der Waals surface area contributed by atoms with E-state index in [2.05, 4.69) is 21.2 Å². The van der Waals surface area contributed by atoms with E-state index in [1.54, 1.807) is 11.8 Å². The van der Waals surface area contributed by atoms with Crippen molar-refractivity contribution in [3.8, 4) is 5.75 Å². The van der Waals surface area contributed by atoms with Crippen molar-refractivity contribution >= 4 is 27.7 Å². The van der Waals surface area contributed by atoms with Gasteiger partial charge < -0.3 is 15.0 Å². The molecule has 6 heteroatoms. The molecule has 5 nitrogen and oxygen atoms in total. The van der Waals surface area contributed by atoms with E-state index in [0.717, 1.165) is 15.6 Å². The summed E-state index contributed by atoms with van der Waals surface area (Å²) < 4.78 is 6.70. The van der Waals surface area contributed by atoms with E-state index in [1.165, 1.54) is 5.56 Å². The first-order valence-electron chi connectivity index (χ1n) is 10.2. The molecular weight excluding hydrogens is 444 g/mol. The molecule has 0 bridgehead atoms. The summed E-state index contributed by atoms with van der Waals surface area (Å²) in [6.07, 6.45) is 0. The molecule has 0 aliphatic carbocycles. The second-order valence-corrected chi connectivity index (χ2v) is 8.91. The largest absolute Gasteiger partial charge is 0.484 e. The van der Waals surface area contributed by atoms with Crippen molar-refractivity contribution < 1.29 is 14.3 Å². The van der Waals surface area contributed by atoms with E-state index < -0.39 is 6.04 Å². The highest BCUT2D eigenvalue weighted by Crippen LogP contribution is 2.18. The number of hydrogen-bond donors (Lipinski definition) is 1. The van der Waals surface area contributed by atoms with Gasteiger partial charge in [0, 0.05) is 17.6 Å². The summed E-state index contributed by atoms with van der Waals surface area (Å²) in [7, 11) is 0. The molecule has 0 aliphatic heterocycles. The van der Waals surface area contributed by atoms with Crippen molar-refractivity contribution in [3.63, 3.8) is 0 Å². The van der Waals surface area contributed by atoms with Crippen molar-refractivity contribution in [2.75, 3.05) is 13.2 Å². The molecule has 0 fully saturated rings. The summed E-state index contributed by atoms with van der Waals surface area (Å²) in [4.78, 5) is 27.2. The monoisotopic (exact) mass is 474 g/mol. The van der Waals surface area contributed by atoms with Gasteiger partial charge in [0.15, 0.2) is 6.61 Å². The smallest absolute Gasteiger partial charge is 0.261 e. The van der Waals surface area contributed by atoms with Gasteiger partial charge in [0.2, 0.25) is 5.91 Å². The number of halogens is 1. The quantitative estimate of drug-likeness (QED) is 0.575. The Balaban J connectivity index is 2.13. The number of carbonyl (C=O) groups excluding carboxylic acids is 2. The zero-order valence-electron chi connectivity index (χ0n) is 18.4. The molecule has 2 amide bonds. The van der Waals surface area contributed by atoms with Gasteiger partial charge in [-0.15, -0.1) is 0 Å². The zero-order valence-corrected chi connectivity index (χ0v) is 20.0. The average Bonchev–Trinajstić information content (AvgIpc) is 2.71. The lowest BCUT2D eigenvalue weighted by Gasteiger charge is -2.29. The average molecular weight is 475 g/mol. The standard InChI is InChI=1S/C24H31BrN2O3/c1-16(2)13-26-24(29)19(5)27(14-20-7-9-21(25)10-8-20)23(28)15-30-22-11-6-17(3)18(4)12-22/h6-12,16,19H,13-15H2,1-5H3,(H,26,29)/t19-/m0/s1. The van der Waals surface area contributed by atoms with Gasteiger partial charge in [0.05, 0.1) is 0 Å². The Morgan fingerprint density at radius 2 is 1.70 bits per heavy atom. The Kier molecular flexibility index (Phi) is 8.90. The van der Waals surface area contributed by atoms with Crippen LogP contribution in [0.25, 0.3) is 0 Å². The predicted molar refractivity (Wildman–Crippen MR) is 123 cm³/mol. The molecule has 0 spiro atoms. The third-order valence-corrected chi connectivity index (χ3v) is 5.49. The lowest BCUT2D eigenvalue weighted by molar-refractivity contribution is -0.142. The van der Waals surface area contributed by atoms with Crippen LogP contribution in [0.3, 0.4) is 0 Å². The first-order valence-corrected chi connectivity index (χ1v) is 11.0. The molecular formula is C24H31BrN2O3. The van der Waals surface area contributed by atoms with Gasteiger partial charge in [0.1, 0.15) is 11.8 Å². The molecule has 0 aliphatic rings. The van der Waals surface area contributed by atoms with Crippen LogP contribution in [0, 0.1) is 19.8 Å². The van der Waals surface area contributed by atoms with E-state index in [-0.39, 0.29) is 18.4 Å². The molecule has 1 N–H and O–H groups in total. The van der Waals surface area contributed by atoms with Crippen molar-refractivity contribution in [2.45, 2.75) is 47.2 Å². The number of amides is 2. The normalized spacial score (nSPS) is 11.8. The molecule has 0 radical (unpaired) electrons. The number of ether oxygens (including phenoxy) is 1. The number of nitrogens with one attached hydrogen (secondary N) is 1. The van der Waals surface area contributed by atoms with Crippen LogP contribution in [0.2, 0.25) is 0 Å². The fourth-order valence-electron chi connectivity index (χ4n) is 2.85. The van der Waals surface area contributed by atoms with E-state index in [4.69, 9.17) is 4.74 Å².